The summed E-state index contributed by atoms with van der Waals surface area (Å²) in [5.41, 5.74) is 2.78. The average Bonchev–Trinajstić information content (AvgIpc) is 2.80. The minimum Gasteiger partial charge on any atom is -0.465 e. The number of hydrazine groups is 1. The van der Waals surface area contributed by atoms with Crippen LogP contribution in [-0.4, -0.2) is 39.3 Å². The lowest BCUT2D eigenvalue weighted by atomic mass is 10.1. The summed E-state index contributed by atoms with van der Waals surface area (Å²) in [6.07, 6.45) is 1.41. The molecule has 1 heterocycles. The number of ether oxygens (including phenoxy) is 1. The fraction of sp³-hybridized carbons (Fsp3) is 0.214. The molecule has 24 heavy (non-hydrogen) atoms. The normalized spacial score (nSPS) is 15.9. The van der Waals surface area contributed by atoms with Crippen LogP contribution in [0.5, 0.6) is 0 Å². The van der Waals surface area contributed by atoms with Gasteiger partial charge >= 0.3 is 5.97 Å². The molecule has 1 fully saturated rings. The molecular weight excluding hydrogens is 354 g/mol. The number of hydrogen-bond acceptors (Lipinski definition) is 8. The van der Waals surface area contributed by atoms with Crippen LogP contribution in [0.4, 0.5) is 5.69 Å². The summed E-state index contributed by atoms with van der Waals surface area (Å²) >= 11 is 6.08. The number of nitrogens with zero attached hydrogens (tertiary/aromatic N) is 2. The number of rotatable bonds is 6. The van der Waals surface area contributed by atoms with E-state index in [1.54, 1.807) is 19.1 Å². The lowest BCUT2D eigenvalue weighted by Gasteiger charge is -2.14. The number of carbonyl (C=O) groups is 2. The number of amides is 1. The monoisotopic (exact) mass is 367 g/mol. The third kappa shape index (κ3) is 4.16. The Morgan fingerprint density at radius 3 is 2.88 bits per heavy atom. The molecule has 1 saturated heterocycles. The van der Waals surface area contributed by atoms with Gasteiger partial charge in [-0.15, -0.1) is 0 Å². The Hall–Kier alpha value is -2.30. The molecule has 0 atom stereocenters. The van der Waals surface area contributed by atoms with Crippen molar-refractivity contribution in [2.75, 3.05) is 13.2 Å². The maximum Gasteiger partial charge on any atom is 0.321 e. The van der Waals surface area contributed by atoms with Gasteiger partial charge in [0.15, 0.2) is 4.32 Å². The van der Waals surface area contributed by atoms with E-state index in [1.807, 2.05) is 0 Å². The van der Waals surface area contributed by atoms with Crippen LogP contribution in [0.15, 0.2) is 29.2 Å². The van der Waals surface area contributed by atoms with E-state index < -0.39 is 16.8 Å². The average molecular weight is 367 g/mol. The van der Waals surface area contributed by atoms with Gasteiger partial charge in [-0.2, -0.15) is 0 Å². The summed E-state index contributed by atoms with van der Waals surface area (Å²) in [6.45, 7) is 1.70. The zero-order chi connectivity index (χ0) is 17.7. The number of carbonyl (C=O) groups excluding carboxylic acids is 2. The van der Waals surface area contributed by atoms with Crippen molar-refractivity contribution in [2.24, 2.45) is 0 Å². The number of nitro groups is 1. The van der Waals surface area contributed by atoms with Gasteiger partial charge in [0, 0.05) is 6.07 Å². The summed E-state index contributed by atoms with van der Waals surface area (Å²) in [4.78, 5) is 34.4. The van der Waals surface area contributed by atoms with E-state index in [4.69, 9.17) is 17.0 Å². The number of esters is 1. The summed E-state index contributed by atoms with van der Waals surface area (Å²) in [5, 5.41) is 12.1. The quantitative estimate of drug-likeness (QED) is 0.267. The summed E-state index contributed by atoms with van der Waals surface area (Å²) in [7, 11) is 0. The van der Waals surface area contributed by atoms with Crippen LogP contribution < -0.4 is 5.43 Å². The maximum absolute atomic E-state index is 12.3. The van der Waals surface area contributed by atoms with Crippen LogP contribution in [0, 0.1) is 10.1 Å². The summed E-state index contributed by atoms with van der Waals surface area (Å²) < 4.78 is 4.96. The van der Waals surface area contributed by atoms with Crippen molar-refractivity contribution in [1.29, 1.82) is 0 Å². The molecule has 0 bridgehead atoms. The van der Waals surface area contributed by atoms with Crippen LogP contribution in [0.1, 0.15) is 12.5 Å². The molecule has 2 rings (SSSR count). The highest BCUT2D eigenvalue weighted by Crippen LogP contribution is 2.33. The Bertz CT molecular complexity index is 735. The number of thioether (sulfide) groups is 1. The molecule has 0 aliphatic carbocycles. The molecule has 126 valence electrons. The van der Waals surface area contributed by atoms with Crippen LogP contribution in [0.2, 0.25) is 0 Å². The van der Waals surface area contributed by atoms with Crippen molar-refractivity contribution in [3.8, 4) is 0 Å². The van der Waals surface area contributed by atoms with E-state index in [2.05, 4.69) is 5.43 Å². The third-order valence-corrected chi connectivity index (χ3v) is 4.20. The molecule has 1 aliphatic rings. The molecule has 8 nitrogen and oxygen atoms in total. The first-order valence-corrected chi connectivity index (χ1v) is 8.07. The molecule has 1 N–H and O–H groups in total. The first kappa shape index (κ1) is 18.0. The minimum absolute atomic E-state index is 0.109. The molecule has 10 heteroatoms. The van der Waals surface area contributed by atoms with E-state index >= 15 is 0 Å². The van der Waals surface area contributed by atoms with Gasteiger partial charge in [-0.05, 0) is 19.1 Å². The molecule has 0 saturated carbocycles. The second kappa shape index (κ2) is 7.99. The first-order valence-electron chi connectivity index (χ1n) is 6.84. The molecule has 0 spiro atoms. The second-order valence-electron chi connectivity index (χ2n) is 4.47. The predicted octanol–water partition coefficient (Wildman–Crippen LogP) is 1.86. The Balaban J connectivity index is 2.16. The van der Waals surface area contributed by atoms with Gasteiger partial charge in [0.2, 0.25) is 0 Å². The summed E-state index contributed by atoms with van der Waals surface area (Å²) in [6, 6.07) is 6.07. The largest absolute Gasteiger partial charge is 0.465 e. The van der Waals surface area contributed by atoms with Gasteiger partial charge in [-0.25, -0.2) is 10.4 Å². The van der Waals surface area contributed by atoms with E-state index in [0.29, 0.717) is 5.56 Å². The van der Waals surface area contributed by atoms with Gasteiger partial charge in [0.25, 0.3) is 11.6 Å². The first-order chi connectivity index (χ1) is 11.4. The highest BCUT2D eigenvalue weighted by atomic mass is 32.2. The predicted molar refractivity (Wildman–Crippen MR) is 92.7 cm³/mol. The van der Waals surface area contributed by atoms with Gasteiger partial charge in [-0.3, -0.25) is 19.7 Å². The number of nitrogens with one attached hydrogen (secondary N) is 1. The topological polar surface area (TPSA) is 102 Å². The van der Waals surface area contributed by atoms with Gasteiger partial charge < -0.3 is 4.74 Å². The van der Waals surface area contributed by atoms with Crippen molar-refractivity contribution in [3.63, 3.8) is 0 Å². The Morgan fingerprint density at radius 2 is 2.21 bits per heavy atom. The molecule has 1 amide bonds. The van der Waals surface area contributed by atoms with Gasteiger partial charge in [-0.1, -0.05) is 36.1 Å². The molecule has 0 aromatic heterocycles. The molecule has 0 radical (unpaired) electrons. The van der Waals surface area contributed by atoms with Crippen molar-refractivity contribution < 1.29 is 19.2 Å². The Morgan fingerprint density at radius 1 is 1.50 bits per heavy atom. The third-order valence-electron chi connectivity index (χ3n) is 2.90. The zero-order valence-electron chi connectivity index (χ0n) is 12.6. The fourth-order valence-electron chi connectivity index (χ4n) is 1.88. The highest BCUT2D eigenvalue weighted by molar-refractivity contribution is 8.26. The molecule has 1 aromatic rings. The number of para-hydroxylation sites is 1. The molecule has 1 aliphatic heterocycles. The van der Waals surface area contributed by atoms with E-state index in [9.17, 15) is 19.7 Å². The highest BCUT2D eigenvalue weighted by Gasteiger charge is 2.33. The number of benzene rings is 1. The van der Waals surface area contributed by atoms with E-state index in [1.165, 1.54) is 18.2 Å². The van der Waals surface area contributed by atoms with Crippen molar-refractivity contribution >= 4 is 51.9 Å². The van der Waals surface area contributed by atoms with Crippen LogP contribution in [-0.2, 0) is 14.3 Å². The standard InChI is InChI=1S/C14H13N3O5S2/c1-2-22-12(18)8-15-16-13(19)11(24-14(16)23)7-9-5-3-4-6-10(9)17(20)21/h3-7,15H,2,8H2,1H3/b11-7+. The lowest BCUT2D eigenvalue weighted by molar-refractivity contribution is -0.385. The van der Waals surface area contributed by atoms with Crippen molar-refractivity contribution in [2.45, 2.75) is 6.92 Å². The van der Waals surface area contributed by atoms with Crippen LogP contribution >= 0.6 is 24.0 Å². The number of hydrogen-bond donors (Lipinski definition) is 1. The Labute approximate surface area is 147 Å². The maximum atomic E-state index is 12.3. The van der Waals surface area contributed by atoms with E-state index in [-0.39, 0.29) is 28.1 Å². The Kier molecular flexibility index (Phi) is 6.01. The second-order valence-corrected chi connectivity index (χ2v) is 6.15. The van der Waals surface area contributed by atoms with Crippen LogP contribution in [0.3, 0.4) is 0 Å². The van der Waals surface area contributed by atoms with Crippen LogP contribution in [0.25, 0.3) is 6.08 Å². The smallest absolute Gasteiger partial charge is 0.321 e. The van der Waals surface area contributed by atoms with Gasteiger partial charge in [0.1, 0.15) is 6.54 Å². The van der Waals surface area contributed by atoms with E-state index in [0.717, 1.165) is 16.8 Å². The minimum atomic E-state index is -0.522. The SMILES string of the molecule is CCOC(=O)CNN1C(=O)/C(=C\c2ccccc2[N+](=O)[O-])SC1=S. The summed E-state index contributed by atoms with van der Waals surface area (Å²) in [5.74, 6) is -0.998. The zero-order valence-corrected chi connectivity index (χ0v) is 14.2. The van der Waals surface area contributed by atoms with Crippen molar-refractivity contribution in [3.05, 3.63) is 44.8 Å². The lowest BCUT2D eigenvalue weighted by Crippen LogP contribution is -2.44. The molecule has 1 aromatic carbocycles. The number of nitro benzene ring substituents is 1. The molecular formula is C14H13N3O5S2. The fourth-order valence-corrected chi connectivity index (χ4v) is 3.08. The number of thiocarbonyl (C=S) groups is 1. The van der Waals surface area contributed by atoms with Crippen molar-refractivity contribution in [1.82, 2.24) is 10.4 Å². The molecule has 0 unspecified atom stereocenters. The van der Waals surface area contributed by atoms with Gasteiger partial charge in [0.05, 0.1) is 22.0 Å².